The second-order valence-electron chi connectivity index (χ2n) is 11.2. The Morgan fingerprint density at radius 1 is 0.970 bits per heavy atom. The van der Waals surface area contributed by atoms with Crippen LogP contribution in [0.3, 0.4) is 0 Å². The molecular formula is C28H39N3O2. The van der Waals surface area contributed by atoms with Crippen LogP contribution in [0.25, 0.3) is 10.9 Å². The summed E-state index contributed by atoms with van der Waals surface area (Å²) < 4.78 is 8.24. The van der Waals surface area contributed by atoms with E-state index in [0.717, 1.165) is 88.9 Å². The number of carbonyl (C=O) groups excluding carboxylic acids is 1. The van der Waals surface area contributed by atoms with E-state index in [4.69, 9.17) is 4.74 Å². The van der Waals surface area contributed by atoms with Crippen molar-refractivity contribution < 1.29 is 9.53 Å². The second kappa shape index (κ2) is 9.07. The van der Waals surface area contributed by atoms with Crippen LogP contribution in [0.4, 0.5) is 0 Å². The molecule has 4 aliphatic rings. The molecule has 4 heterocycles. The van der Waals surface area contributed by atoms with Gasteiger partial charge in [-0.2, -0.15) is 0 Å². The number of amides is 1. The first-order chi connectivity index (χ1) is 16.2. The number of piperidine rings is 1. The van der Waals surface area contributed by atoms with Gasteiger partial charge in [-0.05, 0) is 80.0 Å². The van der Waals surface area contributed by atoms with E-state index in [1.807, 2.05) is 0 Å². The lowest BCUT2D eigenvalue weighted by Crippen LogP contribution is -2.37. The van der Waals surface area contributed by atoms with Crippen LogP contribution in [0.1, 0.15) is 67.1 Å². The first-order valence-electron chi connectivity index (χ1n) is 13.4. The zero-order valence-corrected chi connectivity index (χ0v) is 20.2. The largest absolute Gasteiger partial charge is 0.381 e. The summed E-state index contributed by atoms with van der Waals surface area (Å²) in [4.78, 5) is 18.1. The number of ether oxygens (including phenoxy) is 1. The average molecular weight is 450 g/mol. The van der Waals surface area contributed by atoms with Crippen LogP contribution < -0.4 is 0 Å². The highest BCUT2D eigenvalue weighted by Crippen LogP contribution is 2.36. The fourth-order valence-corrected chi connectivity index (χ4v) is 6.25. The average Bonchev–Trinajstić information content (AvgIpc) is 3.62. The molecule has 178 valence electrons. The summed E-state index contributed by atoms with van der Waals surface area (Å²) >= 11 is 0. The van der Waals surface area contributed by atoms with Gasteiger partial charge >= 0.3 is 0 Å². The van der Waals surface area contributed by atoms with Gasteiger partial charge in [-0.15, -0.1) is 0 Å². The van der Waals surface area contributed by atoms with E-state index < -0.39 is 0 Å². The second-order valence-corrected chi connectivity index (χ2v) is 11.2. The Morgan fingerprint density at radius 3 is 2.48 bits per heavy atom. The lowest BCUT2D eigenvalue weighted by molar-refractivity contribution is 0.0612. The molecule has 0 N–H and O–H groups in total. The molecule has 33 heavy (non-hydrogen) atoms. The van der Waals surface area contributed by atoms with Gasteiger partial charge in [0.15, 0.2) is 0 Å². The molecule has 6 rings (SSSR count). The number of fused-ring (bicyclic) bond motifs is 3. The Bertz CT molecular complexity index is 1010. The standard InChI is InChI=1S/C28H39N3O2/c1-20-6-12-30(13-7-20)28(32)23-4-5-26-24(16-23)25-19-29(17-21-2-3-21)11-8-27(25)31(26)18-22-9-14-33-15-10-22/h4-5,16,20-22H,2-3,6-15,17-19H2,1H3. The lowest BCUT2D eigenvalue weighted by atomic mass is 9.98. The zero-order valence-electron chi connectivity index (χ0n) is 20.2. The van der Waals surface area contributed by atoms with Gasteiger partial charge in [-0.3, -0.25) is 9.69 Å². The Labute approximate surface area is 198 Å². The molecule has 0 radical (unpaired) electrons. The molecule has 0 unspecified atom stereocenters. The molecule has 1 aromatic carbocycles. The van der Waals surface area contributed by atoms with E-state index in [-0.39, 0.29) is 5.91 Å². The molecular weight excluding hydrogens is 410 g/mol. The topological polar surface area (TPSA) is 37.7 Å². The molecule has 0 atom stereocenters. The van der Waals surface area contributed by atoms with Gasteiger partial charge in [0.25, 0.3) is 5.91 Å². The first kappa shape index (κ1) is 21.7. The van der Waals surface area contributed by atoms with Gasteiger partial charge in [-0.1, -0.05) is 6.92 Å². The molecule has 1 aliphatic carbocycles. The normalized spacial score (nSPS) is 23.2. The summed E-state index contributed by atoms with van der Waals surface area (Å²) in [6.07, 6.45) is 8.51. The van der Waals surface area contributed by atoms with Gasteiger partial charge in [-0.25, -0.2) is 0 Å². The number of hydrogen-bond donors (Lipinski definition) is 0. The molecule has 2 aromatic rings. The molecule has 1 amide bonds. The Hall–Kier alpha value is -1.85. The predicted octanol–water partition coefficient (Wildman–Crippen LogP) is 4.71. The smallest absolute Gasteiger partial charge is 0.253 e. The minimum atomic E-state index is 0.223. The maximum Gasteiger partial charge on any atom is 0.253 e. The van der Waals surface area contributed by atoms with Gasteiger partial charge in [0.05, 0.1) is 0 Å². The van der Waals surface area contributed by atoms with Crippen molar-refractivity contribution >= 4 is 16.8 Å². The van der Waals surface area contributed by atoms with E-state index in [1.165, 1.54) is 48.1 Å². The number of likely N-dealkylation sites (tertiary alicyclic amines) is 1. The summed E-state index contributed by atoms with van der Waals surface area (Å²) in [5.74, 6) is 2.57. The van der Waals surface area contributed by atoms with Crippen molar-refractivity contribution in [3.05, 3.63) is 35.0 Å². The maximum atomic E-state index is 13.4. The minimum absolute atomic E-state index is 0.223. The number of hydrogen-bond acceptors (Lipinski definition) is 3. The molecule has 0 bridgehead atoms. The van der Waals surface area contributed by atoms with Crippen molar-refractivity contribution in [3.63, 3.8) is 0 Å². The number of aromatic nitrogens is 1. The minimum Gasteiger partial charge on any atom is -0.381 e. The van der Waals surface area contributed by atoms with Crippen LogP contribution in [-0.4, -0.2) is 59.7 Å². The van der Waals surface area contributed by atoms with E-state index in [2.05, 4.69) is 39.5 Å². The van der Waals surface area contributed by atoms with Crippen LogP contribution in [0.5, 0.6) is 0 Å². The molecule has 0 spiro atoms. The summed E-state index contributed by atoms with van der Waals surface area (Å²) in [7, 11) is 0. The van der Waals surface area contributed by atoms with E-state index in [1.54, 1.807) is 0 Å². The van der Waals surface area contributed by atoms with Crippen molar-refractivity contribution in [3.8, 4) is 0 Å². The van der Waals surface area contributed by atoms with E-state index in [9.17, 15) is 4.79 Å². The Morgan fingerprint density at radius 2 is 1.73 bits per heavy atom. The fraction of sp³-hybridized carbons (Fsp3) is 0.679. The number of rotatable bonds is 5. The fourth-order valence-electron chi connectivity index (χ4n) is 6.25. The van der Waals surface area contributed by atoms with Crippen molar-refractivity contribution in [2.75, 3.05) is 39.4 Å². The first-order valence-corrected chi connectivity index (χ1v) is 13.4. The van der Waals surface area contributed by atoms with Crippen molar-refractivity contribution in [1.82, 2.24) is 14.4 Å². The number of carbonyl (C=O) groups is 1. The van der Waals surface area contributed by atoms with Gasteiger partial charge in [0.2, 0.25) is 0 Å². The van der Waals surface area contributed by atoms with E-state index >= 15 is 0 Å². The summed E-state index contributed by atoms with van der Waals surface area (Å²) in [6, 6.07) is 6.57. The summed E-state index contributed by atoms with van der Waals surface area (Å²) in [5.41, 5.74) is 5.23. The SMILES string of the molecule is CC1CCN(C(=O)c2ccc3c(c2)c2c(n3CC3CCOCC3)CCN(CC3CC3)C2)CC1. The molecule has 3 aliphatic heterocycles. The monoisotopic (exact) mass is 449 g/mol. The summed E-state index contributed by atoms with van der Waals surface area (Å²) in [6.45, 7) is 10.4. The third-order valence-corrected chi connectivity index (χ3v) is 8.65. The summed E-state index contributed by atoms with van der Waals surface area (Å²) in [5, 5.41) is 1.33. The quantitative estimate of drug-likeness (QED) is 0.664. The van der Waals surface area contributed by atoms with Gasteiger partial charge < -0.3 is 14.2 Å². The molecule has 1 saturated carbocycles. The maximum absolute atomic E-state index is 13.4. The van der Waals surface area contributed by atoms with Crippen molar-refractivity contribution in [2.45, 2.75) is 65.0 Å². The van der Waals surface area contributed by atoms with E-state index in [0.29, 0.717) is 5.92 Å². The third kappa shape index (κ3) is 4.46. The molecule has 5 heteroatoms. The van der Waals surface area contributed by atoms with Crippen LogP contribution in [-0.2, 0) is 24.2 Å². The van der Waals surface area contributed by atoms with Crippen LogP contribution in [0, 0.1) is 17.8 Å². The number of nitrogens with zero attached hydrogens (tertiary/aromatic N) is 3. The zero-order chi connectivity index (χ0) is 22.4. The molecule has 5 nitrogen and oxygen atoms in total. The Kier molecular flexibility index (Phi) is 5.95. The highest BCUT2D eigenvalue weighted by Gasteiger charge is 2.30. The highest BCUT2D eigenvalue weighted by molar-refractivity contribution is 5.99. The predicted molar refractivity (Wildman–Crippen MR) is 131 cm³/mol. The highest BCUT2D eigenvalue weighted by atomic mass is 16.5. The molecule has 1 aromatic heterocycles. The lowest BCUT2D eigenvalue weighted by Gasteiger charge is -2.30. The molecule has 2 saturated heterocycles. The number of benzene rings is 1. The third-order valence-electron chi connectivity index (χ3n) is 8.65. The Balaban J connectivity index is 1.33. The van der Waals surface area contributed by atoms with Gasteiger partial charge in [0.1, 0.15) is 0 Å². The van der Waals surface area contributed by atoms with Crippen molar-refractivity contribution in [2.24, 2.45) is 17.8 Å². The molecule has 3 fully saturated rings. The van der Waals surface area contributed by atoms with Crippen molar-refractivity contribution in [1.29, 1.82) is 0 Å². The van der Waals surface area contributed by atoms with Gasteiger partial charge in [0, 0.05) is 81.1 Å². The van der Waals surface area contributed by atoms with Crippen LogP contribution in [0.15, 0.2) is 18.2 Å². The van der Waals surface area contributed by atoms with Crippen LogP contribution >= 0.6 is 0 Å². The van der Waals surface area contributed by atoms with Crippen LogP contribution in [0.2, 0.25) is 0 Å².